The second-order valence-electron chi connectivity index (χ2n) is 63.3. The highest BCUT2D eigenvalue weighted by Gasteiger charge is 2.51. The van der Waals surface area contributed by atoms with Crippen molar-refractivity contribution in [2.45, 2.75) is 560 Å². The predicted molar refractivity (Wildman–Crippen MR) is 585 cm³/mol. The molecule has 0 saturated carbocycles. The quantitative estimate of drug-likeness (QED) is 0.0392. The summed E-state index contributed by atoms with van der Waals surface area (Å²) in [4.78, 5) is 0. The third-order valence-electron chi connectivity index (χ3n) is 21.9. The number of ether oxygens (including phenoxy) is 12. The van der Waals surface area contributed by atoms with Gasteiger partial charge in [-0.1, -0.05) is 249 Å². The van der Waals surface area contributed by atoms with Crippen LogP contribution in [-0.4, -0.2) is 85.3 Å². The monoisotopic (exact) mass is 1920 g/mol. The standard InChI is InChI=1S/C120H214O13Si2/c1-97(2,3)69-109(37,38)121-81-61-65-85(125-113(45,46)73-101(13,14)15)93(89(81)129-117(53,54)77-105(25,26)27)134(94-86(126-114(47,48)74-102(16,17)18)66-62-82(122-110(39,40)70-98(4,5)6)90(94)130-118(55,56)78-106(28,29)30)133-135(95-87(127-115(49,50)75-103(19,20)21)67-63-83(123-111(41,42)71-99(7,8)9)91(95)131-119(57,58)79-107(31,32)33)96-88(128-116(51,52)76-104(22,23)24)68-64-84(124-112(43,44)72-100(10,11)12)92(96)132-120(59,60)80-108(34,35)36/h61-68,134-135H,69-80H2,1-60H3. The minimum Gasteiger partial charge on any atom is -0.488 e. The minimum atomic E-state index is -4.36. The normalized spacial score (nSPS) is 14.7. The van der Waals surface area contributed by atoms with E-state index in [1.165, 1.54) is 0 Å². The highest BCUT2D eigenvalue weighted by Crippen LogP contribution is 2.52. The van der Waals surface area contributed by atoms with Gasteiger partial charge in [-0.25, -0.2) is 0 Å². The molecule has 0 spiro atoms. The first-order valence-electron chi connectivity index (χ1n) is 51.7. The maximum absolute atomic E-state index is 10.1. The molecule has 135 heavy (non-hydrogen) atoms. The lowest BCUT2D eigenvalue weighted by molar-refractivity contribution is 0.0346. The zero-order valence-electron chi connectivity index (χ0n) is 99.6. The zero-order valence-corrected chi connectivity index (χ0v) is 102. The summed E-state index contributed by atoms with van der Waals surface area (Å²) in [7, 11) is -8.72. The molecule has 0 amide bonds. The summed E-state index contributed by atoms with van der Waals surface area (Å²) in [6.07, 6.45) is 7.77. The van der Waals surface area contributed by atoms with Crippen LogP contribution in [0.25, 0.3) is 0 Å². The maximum Gasteiger partial charge on any atom is 0.245 e. The van der Waals surface area contributed by atoms with E-state index >= 15 is 0 Å². The summed E-state index contributed by atoms with van der Waals surface area (Å²) in [5.41, 5.74) is -13.3. The molecule has 13 nitrogen and oxygen atoms in total. The Morgan fingerprint density at radius 3 is 0.326 bits per heavy atom. The smallest absolute Gasteiger partial charge is 0.245 e. The van der Waals surface area contributed by atoms with Gasteiger partial charge in [0.1, 0.15) is 90.2 Å². The summed E-state index contributed by atoms with van der Waals surface area (Å²) >= 11 is 0. The van der Waals surface area contributed by atoms with Gasteiger partial charge in [-0.05, 0) is 357 Å². The molecule has 0 aliphatic heterocycles. The summed E-state index contributed by atoms with van der Waals surface area (Å²) < 4.78 is 110. The molecule has 4 aromatic rings. The van der Waals surface area contributed by atoms with Crippen LogP contribution < -0.4 is 77.6 Å². The molecule has 15 heteroatoms. The van der Waals surface area contributed by atoms with Crippen LogP contribution in [0.4, 0.5) is 0 Å². The van der Waals surface area contributed by atoms with Crippen molar-refractivity contribution in [1.82, 2.24) is 0 Å². The average Bonchev–Trinajstić information content (AvgIpc) is 0.725. The Balaban J connectivity index is 3.31. The van der Waals surface area contributed by atoms with Crippen LogP contribution in [0.5, 0.6) is 69.0 Å². The van der Waals surface area contributed by atoms with Gasteiger partial charge < -0.3 is 61.0 Å². The molecule has 780 valence electrons. The molecule has 0 bridgehead atoms. The molecule has 0 aromatic heterocycles. The van der Waals surface area contributed by atoms with Gasteiger partial charge in [0.05, 0.1) is 20.7 Å². The van der Waals surface area contributed by atoms with Crippen molar-refractivity contribution in [3.8, 4) is 69.0 Å². The van der Waals surface area contributed by atoms with Crippen LogP contribution in [0.2, 0.25) is 0 Å². The van der Waals surface area contributed by atoms with E-state index in [0.717, 1.165) is 0 Å². The molecule has 4 aromatic carbocycles. The van der Waals surface area contributed by atoms with Gasteiger partial charge in [-0.2, -0.15) is 0 Å². The number of hydrogen-bond donors (Lipinski definition) is 0. The Hall–Kier alpha value is -5.13. The zero-order chi connectivity index (χ0) is 106. The SMILES string of the molecule is CC(C)(C)CC(C)(C)Oc1ccc(OC(C)(C)CC(C)(C)C)c([SiH](O[SiH](c2c(OC(C)(C)CC(C)(C)C)ccc(OC(C)(C)CC(C)(C)C)c2OC(C)(C)CC(C)(C)C)c2c(OC(C)(C)CC(C)(C)C)ccc(OC(C)(C)CC(C)(C)C)c2OC(C)(C)CC(C)(C)C)c2c(OC(C)(C)CC(C)(C)C)ccc(OC(C)(C)CC(C)(C)C)c2OC(C)(C)CC(C)(C)C)c1OC(C)(C)CC(C)(C)C. The lowest BCUT2D eigenvalue weighted by atomic mass is 9.83. The molecule has 0 saturated heterocycles. The van der Waals surface area contributed by atoms with E-state index in [1.54, 1.807) is 0 Å². The van der Waals surface area contributed by atoms with Crippen molar-refractivity contribution >= 4 is 38.8 Å². The Labute approximate surface area is 836 Å². The maximum atomic E-state index is 10.1. The molecule has 0 aliphatic carbocycles. The van der Waals surface area contributed by atoms with Crippen molar-refractivity contribution in [2.24, 2.45) is 65.0 Å². The molecule has 0 fully saturated rings. The first kappa shape index (κ1) is 122. The topological polar surface area (TPSA) is 120 Å². The molecular weight excluding hydrogens is 1710 g/mol. The van der Waals surface area contributed by atoms with Crippen LogP contribution in [-0.2, 0) is 4.12 Å². The lowest BCUT2D eigenvalue weighted by Gasteiger charge is -2.42. The van der Waals surface area contributed by atoms with Crippen molar-refractivity contribution < 1.29 is 61.0 Å². The fourth-order valence-electron chi connectivity index (χ4n) is 24.3. The van der Waals surface area contributed by atoms with E-state index in [0.29, 0.717) is 167 Å². The van der Waals surface area contributed by atoms with E-state index in [-0.39, 0.29) is 65.0 Å². The molecule has 4 rings (SSSR count). The van der Waals surface area contributed by atoms with Crippen molar-refractivity contribution in [1.29, 1.82) is 0 Å². The summed E-state index contributed by atoms with van der Waals surface area (Å²) in [5.74, 6) is 6.25. The third-order valence-corrected chi connectivity index (χ3v) is 28.3. The second-order valence-corrected chi connectivity index (χ2v) is 68.2. The fraction of sp³-hybridized carbons (Fsp3) is 0.800. The molecule has 0 heterocycles. The third kappa shape index (κ3) is 44.9. The van der Waals surface area contributed by atoms with Crippen molar-refractivity contribution in [2.75, 3.05) is 0 Å². The van der Waals surface area contributed by atoms with Crippen LogP contribution in [0.1, 0.15) is 492 Å². The van der Waals surface area contributed by atoms with Gasteiger partial charge in [-0.3, -0.25) is 0 Å². The lowest BCUT2D eigenvalue weighted by Crippen LogP contribution is -2.59. The van der Waals surface area contributed by atoms with Gasteiger partial charge in [0.25, 0.3) is 0 Å². The van der Waals surface area contributed by atoms with Gasteiger partial charge in [0, 0.05) is 0 Å². The van der Waals surface area contributed by atoms with E-state index in [9.17, 15) is 4.12 Å². The van der Waals surface area contributed by atoms with Gasteiger partial charge in [0.15, 0.2) is 46.0 Å². The van der Waals surface area contributed by atoms with E-state index in [4.69, 9.17) is 56.8 Å². The van der Waals surface area contributed by atoms with Crippen LogP contribution >= 0.6 is 0 Å². The van der Waals surface area contributed by atoms with E-state index in [1.807, 2.05) is 0 Å². The molecule has 0 unspecified atom stereocenters. The summed E-state index contributed by atoms with van der Waals surface area (Å²) in [5, 5.41) is 2.66. The van der Waals surface area contributed by atoms with Gasteiger partial charge in [-0.15, -0.1) is 0 Å². The van der Waals surface area contributed by atoms with Crippen molar-refractivity contribution in [3.05, 3.63) is 48.5 Å². The fourth-order valence-corrected chi connectivity index (χ4v) is 31.5. The highest BCUT2D eigenvalue weighted by atomic mass is 28.4. The molecule has 0 atom stereocenters. The minimum absolute atomic E-state index is 0.192. The largest absolute Gasteiger partial charge is 0.488 e. The number of benzene rings is 4. The van der Waals surface area contributed by atoms with Crippen LogP contribution in [0.15, 0.2) is 48.5 Å². The van der Waals surface area contributed by atoms with Gasteiger partial charge >= 0.3 is 0 Å². The van der Waals surface area contributed by atoms with E-state index < -0.39 is 85.3 Å². The molecule has 0 aliphatic rings. The number of rotatable bonds is 42. The number of hydrogen-bond acceptors (Lipinski definition) is 13. The molecule has 0 N–H and O–H groups in total. The Kier molecular flexibility index (Phi) is 37.4. The highest BCUT2D eigenvalue weighted by molar-refractivity contribution is 6.94. The Morgan fingerprint density at radius 2 is 0.222 bits per heavy atom. The van der Waals surface area contributed by atoms with Crippen LogP contribution in [0.3, 0.4) is 0 Å². The van der Waals surface area contributed by atoms with E-state index in [2.05, 4.69) is 464 Å². The first-order chi connectivity index (χ1) is 59.0. The summed E-state index contributed by atoms with van der Waals surface area (Å²) in [6, 6.07) is 17.1. The molecular formula is C120H214O13Si2. The molecule has 0 radical (unpaired) electrons. The predicted octanol–water partition coefficient (Wildman–Crippen LogP) is 33.2. The Bertz CT molecular complexity index is 3940. The van der Waals surface area contributed by atoms with Crippen LogP contribution in [0, 0.1) is 65.0 Å². The average molecular weight is 1920 g/mol. The first-order valence-corrected chi connectivity index (χ1v) is 54.9. The van der Waals surface area contributed by atoms with Gasteiger partial charge in [0.2, 0.25) is 18.1 Å². The second kappa shape index (κ2) is 41.3. The summed E-state index contributed by atoms with van der Waals surface area (Å²) in [6.45, 7) is 136. The Morgan fingerprint density at radius 1 is 0.133 bits per heavy atom. The van der Waals surface area contributed by atoms with Crippen molar-refractivity contribution in [3.63, 3.8) is 0 Å².